The number of benzene rings is 1. The molecule has 0 aliphatic carbocycles. The third kappa shape index (κ3) is 3.82. The van der Waals surface area contributed by atoms with Crippen LogP contribution in [0.25, 0.3) is 0 Å². The van der Waals surface area contributed by atoms with Crippen molar-refractivity contribution in [3.8, 4) is 0 Å². The van der Waals surface area contributed by atoms with E-state index in [0.29, 0.717) is 5.56 Å². The van der Waals surface area contributed by atoms with Crippen LogP contribution in [0.15, 0.2) is 24.3 Å². The summed E-state index contributed by atoms with van der Waals surface area (Å²) in [6.45, 7) is 0.204. The Morgan fingerprint density at radius 2 is 2.19 bits per heavy atom. The average Bonchev–Trinajstić information content (AvgIpc) is 2.28. The zero-order valence-corrected chi connectivity index (χ0v) is 9.44. The Morgan fingerprint density at radius 1 is 1.50 bits per heavy atom. The van der Waals surface area contributed by atoms with Gasteiger partial charge in [-0.25, -0.2) is 9.18 Å². The van der Waals surface area contributed by atoms with Crippen molar-refractivity contribution in [2.45, 2.75) is 6.54 Å². The monoisotopic (exact) mass is 242 g/mol. The molecule has 0 atom stereocenters. The van der Waals surface area contributed by atoms with E-state index in [0.717, 1.165) is 0 Å². The van der Waals surface area contributed by atoms with Gasteiger partial charge in [-0.2, -0.15) is 0 Å². The van der Waals surface area contributed by atoms with E-state index in [-0.39, 0.29) is 17.5 Å². The molecule has 2 N–H and O–H groups in total. The molecular formula is C10H11FN2O2S. The van der Waals surface area contributed by atoms with Crippen molar-refractivity contribution in [2.24, 2.45) is 0 Å². The number of carbonyl (C=O) groups excluding carboxylic acids is 1. The van der Waals surface area contributed by atoms with E-state index in [9.17, 15) is 9.18 Å². The molecule has 0 fully saturated rings. The Balaban J connectivity index is 2.43. The van der Waals surface area contributed by atoms with E-state index >= 15 is 0 Å². The largest absolute Gasteiger partial charge is 0.453 e. The van der Waals surface area contributed by atoms with Crippen LogP contribution in [0.5, 0.6) is 0 Å². The van der Waals surface area contributed by atoms with Gasteiger partial charge in [0.1, 0.15) is 5.82 Å². The zero-order valence-electron chi connectivity index (χ0n) is 8.62. The Kier molecular flexibility index (Phi) is 4.65. The summed E-state index contributed by atoms with van der Waals surface area (Å²) in [6.07, 6.45) is -0.661. The number of thiocarbonyl (C=S) groups is 1. The van der Waals surface area contributed by atoms with Crippen molar-refractivity contribution in [2.75, 3.05) is 7.11 Å². The minimum atomic E-state index is -0.661. The first-order valence-electron chi connectivity index (χ1n) is 4.49. The van der Waals surface area contributed by atoms with E-state index in [1.165, 1.54) is 13.2 Å². The standard InChI is InChI=1S/C10H11FN2O2S/c1-15-10(14)13-9(16)12-6-7-4-2-3-5-8(7)11/h2-5H,6H2,1H3,(H2,12,13,14,16). The zero-order chi connectivity index (χ0) is 12.0. The first-order valence-corrected chi connectivity index (χ1v) is 4.90. The van der Waals surface area contributed by atoms with Gasteiger partial charge >= 0.3 is 6.09 Å². The smallest absolute Gasteiger partial charge is 0.413 e. The number of hydrogen-bond acceptors (Lipinski definition) is 3. The highest BCUT2D eigenvalue weighted by molar-refractivity contribution is 7.80. The van der Waals surface area contributed by atoms with Gasteiger partial charge in [-0.15, -0.1) is 0 Å². The number of alkyl carbamates (subject to hydrolysis) is 1. The molecule has 0 saturated carbocycles. The number of hydrogen-bond donors (Lipinski definition) is 2. The second kappa shape index (κ2) is 6.02. The second-order valence-electron chi connectivity index (χ2n) is 2.89. The summed E-state index contributed by atoms with van der Waals surface area (Å²) in [5.74, 6) is -0.323. The van der Waals surface area contributed by atoms with E-state index in [4.69, 9.17) is 12.2 Å². The lowest BCUT2D eigenvalue weighted by Crippen LogP contribution is -2.38. The number of ether oxygens (including phenoxy) is 1. The molecule has 0 aromatic heterocycles. The lowest BCUT2D eigenvalue weighted by atomic mass is 10.2. The first kappa shape index (κ1) is 12.4. The third-order valence-electron chi connectivity index (χ3n) is 1.80. The number of halogens is 1. The van der Waals surface area contributed by atoms with Crippen LogP contribution in [-0.4, -0.2) is 18.3 Å². The molecule has 0 radical (unpaired) electrons. The fraction of sp³-hybridized carbons (Fsp3) is 0.200. The van der Waals surface area contributed by atoms with Crippen molar-refractivity contribution in [3.63, 3.8) is 0 Å². The van der Waals surface area contributed by atoms with Gasteiger partial charge in [0.15, 0.2) is 5.11 Å². The molecule has 16 heavy (non-hydrogen) atoms. The average molecular weight is 242 g/mol. The molecule has 86 valence electrons. The normalized spacial score (nSPS) is 9.38. The number of rotatable bonds is 2. The van der Waals surface area contributed by atoms with Crippen LogP contribution in [0.1, 0.15) is 5.56 Å². The molecule has 0 unspecified atom stereocenters. The van der Waals surface area contributed by atoms with Crippen LogP contribution in [0.4, 0.5) is 9.18 Å². The van der Waals surface area contributed by atoms with E-state index in [2.05, 4.69) is 15.4 Å². The molecule has 1 rings (SSSR count). The highest BCUT2D eigenvalue weighted by Crippen LogP contribution is 2.05. The Labute approximate surface area is 97.8 Å². The lowest BCUT2D eigenvalue weighted by molar-refractivity contribution is 0.176. The highest BCUT2D eigenvalue weighted by atomic mass is 32.1. The Bertz CT molecular complexity index is 398. The molecule has 0 aliphatic rings. The van der Waals surface area contributed by atoms with Crippen LogP contribution >= 0.6 is 12.2 Å². The van der Waals surface area contributed by atoms with Crippen LogP contribution in [0.2, 0.25) is 0 Å². The van der Waals surface area contributed by atoms with Gasteiger partial charge in [0.05, 0.1) is 7.11 Å². The van der Waals surface area contributed by atoms with Crippen molar-refractivity contribution >= 4 is 23.4 Å². The minimum absolute atomic E-state index is 0.0927. The van der Waals surface area contributed by atoms with Gasteiger partial charge in [-0.1, -0.05) is 18.2 Å². The maximum absolute atomic E-state index is 13.2. The van der Waals surface area contributed by atoms with Gasteiger partial charge in [-0.3, -0.25) is 5.32 Å². The number of nitrogens with one attached hydrogen (secondary N) is 2. The molecule has 0 saturated heterocycles. The third-order valence-corrected chi connectivity index (χ3v) is 2.04. The Hall–Kier alpha value is -1.69. The van der Waals surface area contributed by atoms with E-state index in [1.54, 1.807) is 18.2 Å². The quantitative estimate of drug-likeness (QED) is 0.773. The molecule has 1 aromatic rings. The molecule has 6 heteroatoms. The van der Waals surface area contributed by atoms with Crippen molar-refractivity contribution in [1.29, 1.82) is 0 Å². The molecule has 1 aromatic carbocycles. The molecule has 1 amide bonds. The lowest BCUT2D eigenvalue weighted by Gasteiger charge is -2.08. The van der Waals surface area contributed by atoms with Gasteiger partial charge < -0.3 is 10.1 Å². The molecular weight excluding hydrogens is 231 g/mol. The van der Waals surface area contributed by atoms with Crippen molar-refractivity contribution in [3.05, 3.63) is 35.6 Å². The first-order chi connectivity index (χ1) is 7.63. The summed E-state index contributed by atoms with van der Waals surface area (Å²) < 4.78 is 17.5. The van der Waals surface area contributed by atoms with Crippen molar-refractivity contribution < 1.29 is 13.9 Å². The van der Waals surface area contributed by atoms with Gasteiger partial charge in [0.25, 0.3) is 0 Å². The maximum Gasteiger partial charge on any atom is 0.413 e. The van der Waals surface area contributed by atoms with Crippen LogP contribution in [0.3, 0.4) is 0 Å². The molecule has 0 heterocycles. The highest BCUT2D eigenvalue weighted by Gasteiger charge is 2.04. The molecule has 0 spiro atoms. The van der Waals surface area contributed by atoms with Crippen molar-refractivity contribution in [1.82, 2.24) is 10.6 Å². The van der Waals surface area contributed by atoms with Gasteiger partial charge in [-0.05, 0) is 18.3 Å². The summed E-state index contributed by atoms with van der Waals surface area (Å²) in [4.78, 5) is 10.8. The Morgan fingerprint density at radius 3 is 2.81 bits per heavy atom. The molecule has 0 aliphatic heterocycles. The molecule has 4 nitrogen and oxygen atoms in total. The minimum Gasteiger partial charge on any atom is -0.453 e. The summed E-state index contributed by atoms with van der Waals surface area (Å²) in [5.41, 5.74) is 0.469. The summed E-state index contributed by atoms with van der Waals surface area (Å²) >= 11 is 4.79. The fourth-order valence-corrected chi connectivity index (χ4v) is 1.16. The predicted molar refractivity (Wildman–Crippen MR) is 61.4 cm³/mol. The van der Waals surface area contributed by atoms with Crippen LogP contribution in [-0.2, 0) is 11.3 Å². The second-order valence-corrected chi connectivity index (χ2v) is 3.30. The van der Waals surface area contributed by atoms with E-state index < -0.39 is 6.09 Å². The van der Waals surface area contributed by atoms with Crippen LogP contribution in [0, 0.1) is 5.82 Å². The number of amides is 1. The van der Waals surface area contributed by atoms with E-state index in [1.807, 2.05) is 0 Å². The summed E-state index contributed by atoms with van der Waals surface area (Å²) in [6, 6.07) is 6.30. The predicted octanol–water partition coefficient (Wildman–Crippen LogP) is 1.56. The SMILES string of the molecule is COC(=O)NC(=S)NCc1ccccc1F. The summed E-state index contributed by atoms with van der Waals surface area (Å²) in [7, 11) is 1.23. The molecule has 0 bridgehead atoms. The van der Waals surface area contributed by atoms with Gasteiger partial charge in [0, 0.05) is 12.1 Å². The summed E-state index contributed by atoms with van der Waals surface area (Å²) in [5, 5.41) is 5.03. The fourth-order valence-electron chi connectivity index (χ4n) is 1.01. The topological polar surface area (TPSA) is 50.4 Å². The number of carbonyl (C=O) groups is 1. The van der Waals surface area contributed by atoms with Gasteiger partial charge in [0.2, 0.25) is 0 Å². The maximum atomic E-state index is 13.2. The number of methoxy groups -OCH3 is 1. The van der Waals surface area contributed by atoms with Crippen LogP contribution < -0.4 is 10.6 Å².